The van der Waals surface area contributed by atoms with E-state index in [1.165, 1.54) is 18.1 Å². The third-order valence-electron chi connectivity index (χ3n) is 10.2. The molecule has 3 aliphatic rings. The molecule has 3 N–H and O–H groups in total. The first-order chi connectivity index (χ1) is 25.8. The topological polar surface area (TPSA) is 195 Å². The number of halogens is 1. The van der Waals surface area contributed by atoms with E-state index in [1.807, 2.05) is 6.08 Å². The molecule has 2 saturated carbocycles. The zero-order valence-electron chi connectivity index (χ0n) is 32.0. The molecule has 55 heavy (non-hydrogen) atoms. The van der Waals surface area contributed by atoms with Gasteiger partial charge < -0.3 is 29.7 Å². The van der Waals surface area contributed by atoms with Crippen LogP contribution in [0.3, 0.4) is 0 Å². The highest BCUT2D eigenvalue weighted by Gasteiger charge is 2.63. The van der Waals surface area contributed by atoms with Gasteiger partial charge in [0.25, 0.3) is 11.8 Å². The second kappa shape index (κ2) is 16.3. The number of benzene rings is 1. The highest BCUT2D eigenvalue weighted by Crippen LogP contribution is 2.47. The molecule has 300 valence electrons. The predicted octanol–water partition coefficient (Wildman–Crippen LogP) is 4.73. The minimum absolute atomic E-state index is 0.0323. The van der Waals surface area contributed by atoms with Crippen molar-refractivity contribution in [2.75, 3.05) is 13.7 Å². The Hall–Kier alpha value is -4.44. The number of hydrogen-bond acceptors (Lipinski definition) is 11. The van der Waals surface area contributed by atoms with Gasteiger partial charge in [-0.3, -0.25) is 19.1 Å². The average Bonchev–Trinajstić information content (AvgIpc) is 4.00. The molecular formula is C38H51ClN6O9S. The van der Waals surface area contributed by atoms with E-state index in [9.17, 15) is 27.6 Å². The summed E-state index contributed by atoms with van der Waals surface area (Å²) in [7, 11) is -2.50. The van der Waals surface area contributed by atoms with Gasteiger partial charge in [-0.1, -0.05) is 36.6 Å². The molecule has 0 spiro atoms. The zero-order chi connectivity index (χ0) is 40.3. The van der Waals surface area contributed by atoms with Crippen LogP contribution in [-0.4, -0.2) is 94.8 Å². The van der Waals surface area contributed by atoms with Crippen molar-refractivity contribution < 1.29 is 41.8 Å². The SMILES string of the molecule is C=CCCCCC[C@H](NC(=O)OC(C)(C)C)C(=O)N1C[C@H](Oc2nc3cc(OC)ccc3nc2Cl)C[C@H]1C(=O)N[C@]1(C(=O)NS(=O)(=O)C2(C)CC2)CC1C=C. The fourth-order valence-corrected chi connectivity index (χ4v) is 8.06. The van der Waals surface area contributed by atoms with E-state index in [0.29, 0.717) is 36.0 Å². The molecule has 17 heteroatoms. The van der Waals surface area contributed by atoms with Crippen molar-refractivity contribution in [3.05, 3.63) is 48.7 Å². The summed E-state index contributed by atoms with van der Waals surface area (Å²) in [5.74, 6) is -2.21. The van der Waals surface area contributed by atoms with Crippen LogP contribution in [0.1, 0.15) is 85.5 Å². The number of carbonyl (C=O) groups excluding carboxylic acids is 4. The van der Waals surface area contributed by atoms with Crippen molar-refractivity contribution >= 4 is 56.5 Å². The van der Waals surface area contributed by atoms with Crippen LogP contribution in [0.15, 0.2) is 43.5 Å². The summed E-state index contributed by atoms with van der Waals surface area (Å²) in [6.45, 7) is 14.1. The quantitative estimate of drug-likeness (QED) is 0.148. The third kappa shape index (κ3) is 9.69. The van der Waals surface area contributed by atoms with E-state index in [2.05, 4.69) is 38.5 Å². The maximum Gasteiger partial charge on any atom is 0.408 e. The van der Waals surface area contributed by atoms with Gasteiger partial charge >= 0.3 is 6.09 Å². The number of alkyl carbamates (subject to hydrolysis) is 1. The molecule has 0 bridgehead atoms. The van der Waals surface area contributed by atoms with Crippen molar-refractivity contribution in [1.82, 2.24) is 30.2 Å². The molecule has 2 aliphatic carbocycles. The molecule has 15 nitrogen and oxygen atoms in total. The molecule has 2 aromatic rings. The van der Waals surface area contributed by atoms with E-state index in [-0.39, 0.29) is 36.8 Å². The number of ether oxygens (including phenoxy) is 3. The Morgan fingerprint density at radius 2 is 1.84 bits per heavy atom. The number of unbranched alkanes of at least 4 members (excludes halogenated alkanes) is 3. The first-order valence-corrected chi connectivity index (χ1v) is 20.3. The monoisotopic (exact) mass is 802 g/mol. The van der Waals surface area contributed by atoms with Crippen LogP contribution in [-0.2, 0) is 29.1 Å². The maximum atomic E-state index is 14.5. The number of nitrogens with zero attached hydrogens (tertiary/aromatic N) is 3. The standard InChI is InChI=1S/C38H51ClN6O9S/c1-8-10-11-12-13-14-27(42-35(49)54-36(3,4)5)33(47)45-22-25(53-32-30(39)40-26-16-15-24(52-7)19-28(26)41-32)20-29(45)31(46)43-38(21-23(38)9-2)34(48)44-55(50,51)37(6)17-18-37/h8-9,15-16,19,23,25,27,29H,1-2,10-14,17-18,20-22H2,3-7H3,(H,42,49)(H,43,46)(H,44,48)/t23?,25-,27+,29+,38-/m1/s1. The number of sulfonamides is 1. The van der Waals surface area contributed by atoms with Gasteiger partial charge in [-0.15, -0.1) is 13.2 Å². The van der Waals surface area contributed by atoms with Gasteiger partial charge in [-0.2, -0.15) is 0 Å². The molecule has 3 fully saturated rings. The van der Waals surface area contributed by atoms with Gasteiger partial charge in [0.15, 0.2) is 5.15 Å². The number of amides is 4. The summed E-state index contributed by atoms with van der Waals surface area (Å²) < 4.78 is 44.2. The molecule has 1 saturated heterocycles. The molecular weight excluding hydrogens is 752 g/mol. The van der Waals surface area contributed by atoms with Gasteiger partial charge in [0, 0.05) is 18.4 Å². The molecule has 0 radical (unpaired) electrons. The summed E-state index contributed by atoms with van der Waals surface area (Å²) in [5, 5.41) is 5.43. The van der Waals surface area contributed by atoms with Crippen LogP contribution in [0.4, 0.5) is 4.79 Å². The number of rotatable bonds is 17. The number of aromatic nitrogens is 2. The van der Waals surface area contributed by atoms with Crippen LogP contribution in [0.5, 0.6) is 11.6 Å². The average molecular weight is 803 g/mol. The Bertz CT molecular complexity index is 1950. The summed E-state index contributed by atoms with van der Waals surface area (Å²) >= 11 is 6.50. The summed E-state index contributed by atoms with van der Waals surface area (Å²) in [6.07, 6.45) is 5.74. The molecule has 4 amide bonds. The van der Waals surface area contributed by atoms with E-state index in [4.69, 9.17) is 25.8 Å². The molecule has 1 aliphatic heterocycles. The van der Waals surface area contributed by atoms with Crippen molar-refractivity contribution in [1.29, 1.82) is 0 Å². The smallest absolute Gasteiger partial charge is 0.408 e. The van der Waals surface area contributed by atoms with E-state index in [1.54, 1.807) is 45.9 Å². The van der Waals surface area contributed by atoms with Crippen LogP contribution in [0.2, 0.25) is 5.15 Å². The third-order valence-corrected chi connectivity index (χ3v) is 12.6. The number of fused-ring (bicyclic) bond motifs is 1. The summed E-state index contributed by atoms with van der Waals surface area (Å²) in [4.78, 5) is 65.6. The lowest BCUT2D eigenvalue weighted by Gasteiger charge is -2.30. The Balaban J connectivity index is 1.43. The molecule has 5 rings (SSSR count). The maximum absolute atomic E-state index is 14.5. The van der Waals surface area contributed by atoms with Crippen LogP contribution < -0.4 is 24.8 Å². The normalized spacial score (nSPS) is 23.2. The molecule has 1 aromatic heterocycles. The molecule has 5 atom stereocenters. The van der Waals surface area contributed by atoms with Crippen molar-refractivity contribution in [2.24, 2.45) is 5.92 Å². The Kier molecular flexibility index (Phi) is 12.4. The fourth-order valence-electron chi connectivity index (χ4n) is 6.57. The first kappa shape index (κ1) is 41.7. The number of allylic oxidation sites excluding steroid dienone is 1. The van der Waals surface area contributed by atoms with Gasteiger partial charge in [-0.25, -0.2) is 23.2 Å². The van der Waals surface area contributed by atoms with Crippen LogP contribution in [0, 0.1) is 5.92 Å². The van der Waals surface area contributed by atoms with Crippen molar-refractivity contribution in [3.63, 3.8) is 0 Å². The minimum Gasteiger partial charge on any atom is -0.497 e. The van der Waals surface area contributed by atoms with E-state index >= 15 is 0 Å². The molecule has 2 heterocycles. The molecule has 1 aromatic carbocycles. The Labute approximate surface area is 327 Å². The van der Waals surface area contributed by atoms with Crippen LogP contribution >= 0.6 is 11.6 Å². The number of methoxy groups -OCH3 is 1. The summed E-state index contributed by atoms with van der Waals surface area (Å²) in [6, 6.07) is 2.78. The Morgan fingerprint density at radius 3 is 2.45 bits per heavy atom. The minimum atomic E-state index is -4.02. The number of likely N-dealkylation sites (tertiary alicyclic amines) is 1. The summed E-state index contributed by atoms with van der Waals surface area (Å²) in [5.41, 5.74) is -1.52. The fraction of sp³-hybridized carbons (Fsp3) is 0.579. The highest BCUT2D eigenvalue weighted by molar-refractivity contribution is 7.91. The van der Waals surface area contributed by atoms with Gasteiger partial charge in [-0.05, 0) is 78.4 Å². The first-order valence-electron chi connectivity index (χ1n) is 18.5. The highest BCUT2D eigenvalue weighted by atomic mass is 35.5. The second-order valence-electron chi connectivity index (χ2n) is 15.7. The van der Waals surface area contributed by atoms with Crippen LogP contribution in [0.25, 0.3) is 11.0 Å². The van der Waals surface area contributed by atoms with Crippen molar-refractivity contribution in [2.45, 2.75) is 120 Å². The van der Waals surface area contributed by atoms with Gasteiger partial charge in [0.1, 0.15) is 35.1 Å². The van der Waals surface area contributed by atoms with E-state index in [0.717, 1.165) is 19.3 Å². The largest absolute Gasteiger partial charge is 0.497 e. The zero-order valence-corrected chi connectivity index (χ0v) is 33.6. The number of nitrogens with one attached hydrogen (secondary N) is 3. The Morgan fingerprint density at radius 1 is 1.11 bits per heavy atom. The lowest BCUT2D eigenvalue weighted by atomic mass is 10.0. The number of carbonyl (C=O) groups is 4. The van der Waals surface area contributed by atoms with Gasteiger partial charge in [0.2, 0.25) is 21.8 Å². The molecule has 1 unspecified atom stereocenters. The number of hydrogen-bond donors (Lipinski definition) is 3. The lowest BCUT2D eigenvalue weighted by molar-refractivity contribution is -0.141. The van der Waals surface area contributed by atoms with Crippen molar-refractivity contribution in [3.8, 4) is 11.6 Å². The van der Waals surface area contributed by atoms with Gasteiger partial charge in [0.05, 0.1) is 29.4 Å². The lowest BCUT2D eigenvalue weighted by Crippen LogP contribution is -2.58. The second-order valence-corrected chi connectivity index (χ2v) is 18.2. The predicted molar refractivity (Wildman–Crippen MR) is 206 cm³/mol. The van der Waals surface area contributed by atoms with E-state index < -0.39 is 73.8 Å².